The predicted molar refractivity (Wildman–Crippen MR) is 136 cm³/mol. The maximum atomic E-state index is 13.5. The molecule has 172 valence electrons. The smallest absolute Gasteiger partial charge is 0.265 e. The molecule has 5 rings (SSSR count). The second-order valence-electron chi connectivity index (χ2n) is 8.25. The second-order valence-corrected chi connectivity index (χ2v) is 9.12. The minimum absolute atomic E-state index is 0.158. The molecule has 4 aromatic rings. The average Bonchev–Trinajstić information content (AvgIpc) is 2.86. The van der Waals surface area contributed by atoms with Gasteiger partial charge in [-0.25, -0.2) is 4.98 Å². The summed E-state index contributed by atoms with van der Waals surface area (Å²) in [6, 6.07) is 20.3. The summed E-state index contributed by atoms with van der Waals surface area (Å²) in [4.78, 5) is 35.3. The van der Waals surface area contributed by atoms with Crippen LogP contribution >= 0.6 is 23.2 Å². The Morgan fingerprint density at radius 2 is 1.65 bits per heavy atom. The molecule has 34 heavy (non-hydrogen) atoms. The third-order valence-corrected chi connectivity index (χ3v) is 6.56. The van der Waals surface area contributed by atoms with Crippen molar-refractivity contribution >= 4 is 45.8 Å². The predicted octanol–water partition coefficient (Wildman–Crippen LogP) is 4.71. The van der Waals surface area contributed by atoms with E-state index < -0.39 is 0 Å². The number of fused-ring (bicyclic) bond motifs is 1. The molecule has 2 aromatic heterocycles. The minimum atomic E-state index is -0.344. The number of amides is 1. The highest BCUT2D eigenvalue weighted by Gasteiger charge is 2.26. The first-order valence-corrected chi connectivity index (χ1v) is 11.8. The van der Waals surface area contributed by atoms with Crippen molar-refractivity contribution < 1.29 is 4.79 Å². The molecule has 1 amide bonds. The number of piperazine rings is 1. The Morgan fingerprint density at radius 1 is 0.882 bits per heavy atom. The van der Waals surface area contributed by atoms with E-state index in [1.165, 1.54) is 0 Å². The third kappa shape index (κ3) is 4.52. The number of rotatable bonds is 4. The van der Waals surface area contributed by atoms with Gasteiger partial charge in [0, 0.05) is 53.5 Å². The number of benzene rings is 2. The first kappa shape index (κ1) is 22.4. The highest BCUT2D eigenvalue weighted by molar-refractivity contribution is 6.31. The molecule has 0 radical (unpaired) electrons. The molecule has 0 aliphatic carbocycles. The van der Waals surface area contributed by atoms with Crippen LogP contribution < -0.4 is 10.5 Å². The van der Waals surface area contributed by atoms with Gasteiger partial charge in [0.15, 0.2) is 0 Å². The van der Waals surface area contributed by atoms with Crippen molar-refractivity contribution in [3.63, 3.8) is 0 Å². The Kier molecular flexibility index (Phi) is 6.26. The van der Waals surface area contributed by atoms with Gasteiger partial charge >= 0.3 is 0 Å². The van der Waals surface area contributed by atoms with Crippen LogP contribution in [0.4, 0.5) is 5.69 Å². The van der Waals surface area contributed by atoms with Crippen molar-refractivity contribution in [2.75, 3.05) is 31.1 Å². The molecule has 2 aromatic carbocycles. The molecule has 1 fully saturated rings. The summed E-state index contributed by atoms with van der Waals surface area (Å²) in [6.07, 6.45) is 1.65. The Bertz CT molecular complexity index is 1410. The molecule has 6 nitrogen and oxygen atoms in total. The quantitative estimate of drug-likeness (QED) is 0.413. The lowest BCUT2D eigenvalue weighted by Gasteiger charge is -2.36. The molecular weight excluding hydrogens is 471 g/mol. The lowest BCUT2D eigenvalue weighted by Crippen LogP contribution is -2.50. The first-order chi connectivity index (χ1) is 16.5. The van der Waals surface area contributed by atoms with Crippen LogP contribution in [-0.4, -0.2) is 46.5 Å². The van der Waals surface area contributed by atoms with Gasteiger partial charge in [-0.15, -0.1) is 0 Å². The van der Waals surface area contributed by atoms with Crippen molar-refractivity contribution in [3.05, 3.63) is 104 Å². The van der Waals surface area contributed by atoms with Crippen LogP contribution in [0.15, 0.2) is 77.7 Å². The van der Waals surface area contributed by atoms with E-state index in [1.807, 2.05) is 42.5 Å². The molecule has 1 aliphatic rings. The summed E-state index contributed by atoms with van der Waals surface area (Å²) in [6.45, 7) is 2.67. The van der Waals surface area contributed by atoms with Crippen molar-refractivity contribution in [2.45, 2.75) is 6.54 Å². The average molecular weight is 493 g/mol. The number of hydrogen-bond acceptors (Lipinski definition) is 4. The fourth-order valence-electron chi connectivity index (χ4n) is 4.29. The summed E-state index contributed by atoms with van der Waals surface area (Å²) in [5.74, 6) is -0.258. The van der Waals surface area contributed by atoms with E-state index >= 15 is 0 Å². The Hall–Kier alpha value is -3.35. The number of carbonyl (C=O) groups excluding carboxylic acids is 1. The number of aromatic nitrogens is 2. The van der Waals surface area contributed by atoms with Crippen LogP contribution in [0.2, 0.25) is 10.0 Å². The normalized spacial score (nSPS) is 13.9. The summed E-state index contributed by atoms with van der Waals surface area (Å²) >= 11 is 12.1. The zero-order valence-electron chi connectivity index (χ0n) is 18.3. The number of carbonyl (C=O) groups is 1. The van der Waals surface area contributed by atoms with Crippen LogP contribution in [0.25, 0.3) is 11.0 Å². The zero-order valence-corrected chi connectivity index (χ0v) is 19.8. The van der Waals surface area contributed by atoms with Crippen molar-refractivity contribution in [1.29, 1.82) is 0 Å². The number of anilines is 1. The van der Waals surface area contributed by atoms with Crippen LogP contribution in [-0.2, 0) is 6.54 Å². The van der Waals surface area contributed by atoms with Gasteiger partial charge < -0.3 is 9.80 Å². The molecule has 0 spiro atoms. The largest absolute Gasteiger partial charge is 0.368 e. The fourth-order valence-corrected chi connectivity index (χ4v) is 4.60. The Morgan fingerprint density at radius 3 is 2.38 bits per heavy atom. The van der Waals surface area contributed by atoms with Crippen molar-refractivity contribution in [3.8, 4) is 0 Å². The van der Waals surface area contributed by atoms with E-state index in [2.05, 4.69) is 9.88 Å². The molecule has 0 N–H and O–H groups in total. The van der Waals surface area contributed by atoms with Gasteiger partial charge in [0.2, 0.25) is 0 Å². The van der Waals surface area contributed by atoms with E-state index in [0.717, 1.165) is 16.6 Å². The van der Waals surface area contributed by atoms with Gasteiger partial charge in [-0.3, -0.25) is 14.2 Å². The monoisotopic (exact) mass is 492 g/mol. The number of pyridine rings is 2. The molecule has 1 saturated heterocycles. The van der Waals surface area contributed by atoms with Gasteiger partial charge in [-0.1, -0.05) is 41.4 Å². The first-order valence-electron chi connectivity index (χ1n) is 11.0. The van der Waals surface area contributed by atoms with Crippen LogP contribution in [0, 0.1) is 0 Å². The molecular formula is C26H22Cl2N4O2. The summed E-state index contributed by atoms with van der Waals surface area (Å²) in [7, 11) is 0. The number of nitrogens with zero attached hydrogens (tertiary/aromatic N) is 4. The SMILES string of the molecule is O=C(c1cc2cccnc2n(Cc2ccc(Cl)cc2)c1=O)N1CCN(c2cccc(Cl)c2)CC1. The van der Waals surface area contributed by atoms with E-state index in [-0.39, 0.29) is 17.0 Å². The Balaban J connectivity index is 1.43. The van der Waals surface area contributed by atoms with Crippen molar-refractivity contribution in [2.24, 2.45) is 0 Å². The van der Waals surface area contributed by atoms with E-state index in [4.69, 9.17) is 23.2 Å². The van der Waals surface area contributed by atoms with Gasteiger partial charge in [-0.2, -0.15) is 0 Å². The topological polar surface area (TPSA) is 58.4 Å². The maximum Gasteiger partial charge on any atom is 0.265 e. The standard InChI is InChI=1S/C26H22Cl2N4O2/c27-20-8-6-18(7-9-20)17-32-24-19(3-2-10-29-24)15-23(26(32)34)25(33)31-13-11-30(12-14-31)22-5-1-4-21(28)16-22/h1-10,15-16H,11-14,17H2. The van der Waals surface area contributed by atoms with Crippen LogP contribution in [0.5, 0.6) is 0 Å². The van der Waals surface area contributed by atoms with Gasteiger partial charge in [-0.05, 0) is 54.1 Å². The van der Waals surface area contributed by atoms with Gasteiger partial charge in [0.05, 0.1) is 6.54 Å². The van der Waals surface area contributed by atoms with E-state index in [9.17, 15) is 9.59 Å². The molecule has 0 atom stereocenters. The second kappa shape index (κ2) is 9.49. The van der Waals surface area contributed by atoms with Gasteiger partial charge in [0.1, 0.15) is 11.2 Å². The molecule has 0 bridgehead atoms. The van der Waals surface area contributed by atoms with Crippen LogP contribution in [0.1, 0.15) is 15.9 Å². The third-order valence-electron chi connectivity index (χ3n) is 6.07. The van der Waals surface area contributed by atoms with Crippen LogP contribution in [0.3, 0.4) is 0 Å². The molecule has 3 heterocycles. The summed E-state index contributed by atoms with van der Waals surface area (Å²) in [5.41, 5.74) is 2.29. The molecule has 8 heteroatoms. The van der Waals surface area contributed by atoms with Crippen molar-refractivity contribution in [1.82, 2.24) is 14.5 Å². The Labute approximate surface area is 207 Å². The minimum Gasteiger partial charge on any atom is -0.368 e. The van der Waals surface area contributed by atoms with Gasteiger partial charge in [0.25, 0.3) is 11.5 Å². The number of hydrogen-bond donors (Lipinski definition) is 0. The lowest BCUT2D eigenvalue weighted by atomic mass is 10.1. The highest BCUT2D eigenvalue weighted by Crippen LogP contribution is 2.22. The molecule has 0 saturated carbocycles. The molecule has 1 aliphatic heterocycles. The summed E-state index contributed by atoms with van der Waals surface area (Å²) < 4.78 is 1.56. The van der Waals surface area contributed by atoms with E-state index in [0.29, 0.717) is 48.4 Å². The fraction of sp³-hybridized carbons (Fsp3) is 0.192. The lowest BCUT2D eigenvalue weighted by molar-refractivity contribution is 0.0744. The summed E-state index contributed by atoms with van der Waals surface area (Å²) in [5, 5.41) is 2.05. The van der Waals surface area contributed by atoms with E-state index in [1.54, 1.807) is 39.9 Å². The molecule has 0 unspecified atom stereocenters. The highest BCUT2D eigenvalue weighted by atomic mass is 35.5. The number of halogens is 2. The zero-order chi connectivity index (χ0) is 23.7. The maximum absolute atomic E-state index is 13.5.